The molecule has 1 atom stereocenters. The largest absolute Gasteiger partial charge is 0.480 e. The standard InChI is InChI=1S/C24H22FN3O5S/c1-13-19(15(3)33-26-13)11-28-24(18-9-8-16(25)10-21(18)34(28,31)32)23-14(2)27(12-22(29)30)20-7-5-4-6-17(20)23/h4-10,24H,11-12H2,1-3H3,(H,29,30). The number of aliphatic carboxylic acids is 1. The number of nitrogens with zero attached hydrogens (tertiary/aromatic N) is 3. The first-order valence-electron chi connectivity index (χ1n) is 10.6. The molecule has 34 heavy (non-hydrogen) atoms. The third kappa shape index (κ3) is 3.24. The Morgan fingerprint density at radius 2 is 1.91 bits per heavy atom. The first-order chi connectivity index (χ1) is 16.1. The lowest BCUT2D eigenvalue weighted by atomic mass is 9.95. The third-order valence-electron chi connectivity index (χ3n) is 6.49. The van der Waals surface area contributed by atoms with Crippen molar-refractivity contribution >= 4 is 26.9 Å². The van der Waals surface area contributed by atoms with Crippen LogP contribution in [0.25, 0.3) is 10.9 Å². The van der Waals surface area contributed by atoms with Crippen LogP contribution in [-0.4, -0.2) is 33.5 Å². The molecule has 10 heteroatoms. The molecular weight excluding hydrogens is 461 g/mol. The number of carbonyl (C=O) groups is 1. The minimum absolute atomic E-state index is 0.0255. The average Bonchev–Trinajstić information content (AvgIpc) is 3.32. The van der Waals surface area contributed by atoms with Crippen molar-refractivity contribution in [1.82, 2.24) is 14.0 Å². The lowest BCUT2D eigenvalue weighted by Crippen LogP contribution is -2.29. The number of carboxylic acid groups (broad SMARTS) is 1. The Bertz CT molecular complexity index is 1550. The summed E-state index contributed by atoms with van der Waals surface area (Å²) in [6, 6.07) is 10.3. The Morgan fingerprint density at radius 1 is 1.18 bits per heavy atom. The van der Waals surface area contributed by atoms with E-state index in [0.29, 0.717) is 39.4 Å². The zero-order valence-corrected chi connectivity index (χ0v) is 19.6. The summed E-state index contributed by atoms with van der Waals surface area (Å²) in [4.78, 5) is 11.5. The van der Waals surface area contributed by atoms with Crippen molar-refractivity contribution in [1.29, 1.82) is 0 Å². The Labute approximate surface area is 195 Å². The van der Waals surface area contributed by atoms with Crippen LogP contribution in [0.15, 0.2) is 51.9 Å². The van der Waals surface area contributed by atoms with Crippen LogP contribution in [0.2, 0.25) is 0 Å². The van der Waals surface area contributed by atoms with Crippen LogP contribution in [-0.2, 0) is 27.9 Å². The van der Waals surface area contributed by atoms with Crippen LogP contribution < -0.4 is 0 Å². The number of carboxylic acids is 1. The van der Waals surface area contributed by atoms with Gasteiger partial charge in [0.05, 0.1) is 16.6 Å². The number of hydrogen-bond donors (Lipinski definition) is 1. The van der Waals surface area contributed by atoms with Crippen molar-refractivity contribution in [2.75, 3.05) is 0 Å². The Kier molecular flexibility index (Phi) is 5.10. The molecule has 2 aromatic carbocycles. The first kappa shape index (κ1) is 22.3. The van der Waals surface area contributed by atoms with E-state index in [0.717, 1.165) is 11.5 Å². The lowest BCUT2D eigenvalue weighted by Gasteiger charge is -2.24. The normalized spacial score (nSPS) is 17.4. The maximum Gasteiger partial charge on any atom is 0.323 e. The molecule has 176 valence electrons. The summed E-state index contributed by atoms with van der Waals surface area (Å²) >= 11 is 0. The molecule has 0 radical (unpaired) electrons. The van der Waals surface area contributed by atoms with E-state index < -0.39 is 27.9 Å². The SMILES string of the molecule is Cc1noc(C)c1CN1C(c2c(C)n(CC(=O)O)c3ccccc23)c2ccc(F)cc2S1(=O)=O. The van der Waals surface area contributed by atoms with Crippen molar-refractivity contribution in [2.24, 2.45) is 0 Å². The van der Waals surface area contributed by atoms with Gasteiger partial charge in [-0.05, 0) is 44.5 Å². The van der Waals surface area contributed by atoms with Crippen LogP contribution in [0.1, 0.15) is 39.9 Å². The Balaban J connectivity index is 1.80. The zero-order valence-electron chi connectivity index (χ0n) is 18.7. The minimum Gasteiger partial charge on any atom is -0.480 e. The average molecular weight is 484 g/mol. The highest BCUT2D eigenvalue weighted by Gasteiger charge is 2.46. The van der Waals surface area contributed by atoms with E-state index in [-0.39, 0.29) is 18.0 Å². The molecule has 5 rings (SSSR count). The quantitative estimate of drug-likeness (QED) is 0.459. The van der Waals surface area contributed by atoms with E-state index in [4.69, 9.17) is 4.52 Å². The van der Waals surface area contributed by atoms with E-state index in [1.54, 1.807) is 31.4 Å². The van der Waals surface area contributed by atoms with Crippen molar-refractivity contribution in [3.8, 4) is 0 Å². The monoisotopic (exact) mass is 483 g/mol. The van der Waals surface area contributed by atoms with Gasteiger partial charge in [0.25, 0.3) is 0 Å². The second-order valence-corrected chi connectivity index (χ2v) is 10.3. The molecule has 0 aliphatic carbocycles. The van der Waals surface area contributed by atoms with Crippen LogP contribution in [0, 0.1) is 26.6 Å². The predicted molar refractivity (Wildman–Crippen MR) is 121 cm³/mol. The maximum absolute atomic E-state index is 14.2. The highest BCUT2D eigenvalue weighted by Crippen LogP contribution is 2.48. The van der Waals surface area contributed by atoms with Gasteiger partial charge in [0, 0.05) is 34.3 Å². The van der Waals surface area contributed by atoms with Gasteiger partial charge in [-0.1, -0.05) is 29.4 Å². The molecule has 4 aromatic rings. The highest BCUT2D eigenvalue weighted by molar-refractivity contribution is 7.89. The van der Waals surface area contributed by atoms with E-state index >= 15 is 0 Å². The van der Waals surface area contributed by atoms with Gasteiger partial charge in [-0.3, -0.25) is 4.79 Å². The van der Waals surface area contributed by atoms with Gasteiger partial charge >= 0.3 is 5.97 Å². The number of aryl methyl sites for hydroxylation is 2. The minimum atomic E-state index is -4.08. The Hall–Kier alpha value is -3.50. The molecule has 1 aliphatic heterocycles. The molecule has 0 amide bonds. The molecule has 1 N–H and O–H groups in total. The molecule has 0 spiro atoms. The fourth-order valence-corrected chi connectivity index (χ4v) is 6.67. The van der Waals surface area contributed by atoms with Gasteiger partial charge in [0.2, 0.25) is 10.0 Å². The topological polar surface area (TPSA) is 106 Å². The van der Waals surface area contributed by atoms with Crippen LogP contribution >= 0.6 is 0 Å². The first-order valence-corrected chi connectivity index (χ1v) is 12.1. The smallest absolute Gasteiger partial charge is 0.323 e. The summed E-state index contributed by atoms with van der Waals surface area (Å²) in [5.74, 6) is -1.16. The third-order valence-corrected chi connectivity index (χ3v) is 8.35. The van der Waals surface area contributed by atoms with Crippen LogP contribution in [0.4, 0.5) is 4.39 Å². The maximum atomic E-state index is 14.2. The molecule has 1 aliphatic rings. The van der Waals surface area contributed by atoms with Gasteiger partial charge in [-0.15, -0.1) is 0 Å². The summed E-state index contributed by atoms with van der Waals surface area (Å²) in [6.45, 7) is 4.93. The number of fused-ring (bicyclic) bond motifs is 2. The number of benzene rings is 2. The number of hydrogen-bond acceptors (Lipinski definition) is 5. The zero-order chi connectivity index (χ0) is 24.4. The summed E-state index contributed by atoms with van der Waals surface area (Å²) < 4.78 is 49.8. The van der Waals surface area contributed by atoms with Crippen molar-refractivity contribution in [3.63, 3.8) is 0 Å². The molecule has 0 saturated heterocycles. The molecular formula is C24H22FN3O5S. The number of aromatic nitrogens is 2. The van der Waals surface area contributed by atoms with Gasteiger partial charge < -0.3 is 14.2 Å². The van der Waals surface area contributed by atoms with Gasteiger partial charge in [-0.25, -0.2) is 12.8 Å². The highest BCUT2D eigenvalue weighted by atomic mass is 32.2. The van der Waals surface area contributed by atoms with Gasteiger partial charge in [-0.2, -0.15) is 4.31 Å². The molecule has 0 fully saturated rings. The second kappa shape index (κ2) is 7.78. The summed E-state index contributed by atoms with van der Waals surface area (Å²) in [6.07, 6.45) is 0. The molecule has 0 saturated carbocycles. The number of sulfonamides is 1. The van der Waals surface area contributed by atoms with Crippen molar-refractivity contribution in [3.05, 3.63) is 82.1 Å². The van der Waals surface area contributed by atoms with Gasteiger partial charge in [0.15, 0.2) is 0 Å². The summed E-state index contributed by atoms with van der Waals surface area (Å²) in [5.41, 5.74) is 3.62. The molecule has 1 unspecified atom stereocenters. The van der Waals surface area contributed by atoms with E-state index in [2.05, 4.69) is 5.16 Å². The van der Waals surface area contributed by atoms with E-state index in [9.17, 15) is 22.7 Å². The Morgan fingerprint density at radius 3 is 2.59 bits per heavy atom. The lowest BCUT2D eigenvalue weighted by molar-refractivity contribution is -0.137. The summed E-state index contributed by atoms with van der Waals surface area (Å²) in [5, 5.41) is 14.2. The number of halogens is 1. The van der Waals surface area contributed by atoms with E-state index in [1.807, 2.05) is 18.2 Å². The molecule has 0 bridgehead atoms. The molecule has 8 nitrogen and oxygen atoms in total. The number of para-hydroxylation sites is 1. The van der Waals surface area contributed by atoms with Crippen molar-refractivity contribution < 1.29 is 27.2 Å². The fourth-order valence-electron chi connectivity index (χ4n) is 4.88. The fraction of sp³-hybridized carbons (Fsp3) is 0.250. The molecule has 2 aromatic heterocycles. The van der Waals surface area contributed by atoms with Crippen LogP contribution in [0.5, 0.6) is 0 Å². The number of rotatable bonds is 5. The van der Waals surface area contributed by atoms with E-state index in [1.165, 1.54) is 16.4 Å². The molecule has 3 heterocycles. The van der Waals surface area contributed by atoms with Crippen molar-refractivity contribution in [2.45, 2.75) is 44.8 Å². The summed E-state index contributed by atoms with van der Waals surface area (Å²) in [7, 11) is -4.08. The predicted octanol–water partition coefficient (Wildman–Crippen LogP) is 4.07. The second-order valence-electron chi connectivity index (χ2n) is 8.43. The van der Waals surface area contributed by atoms with Gasteiger partial charge in [0.1, 0.15) is 18.1 Å². The van der Waals surface area contributed by atoms with Crippen LogP contribution in [0.3, 0.4) is 0 Å².